The van der Waals surface area contributed by atoms with Crippen molar-refractivity contribution in [1.82, 2.24) is 0 Å². The van der Waals surface area contributed by atoms with Gasteiger partial charge in [-0.3, -0.25) is 0 Å². The number of hydrogen-bond donors (Lipinski definition) is 0. The SMILES string of the molecule is CC(P(Oc1ccccc1)Oc1ccccc1)P(Oc1ccccc1)Oc1ccccc1. The molecule has 4 aromatic carbocycles. The lowest BCUT2D eigenvalue weighted by molar-refractivity contribution is 0.462. The summed E-state index contributed by atoms with van der Waals surface area (Å²) in [6.07, 6.45) is 0. The van der Waals surface area contributed by atoms with Gasteiger partial charge in [-0.2, -0.15) is 0 Å². The van der Waals surface area contributed by atoms with Crippen molar-refractivity contribution in [3.05, 3.63) is 121 Å². The molecule has 0 atom stereocenters. The Bertz CT molecular complexity index is 880. The van der Waals surface area contributed by atoms with Gasteiger partial charge in [0.05, 0.1) is 0 Å². The molecule has 4 aromatic rings. The minimum Gasteiger partial charge on any atom is -0.438 e. The molecule has 0 aromatic heterocycles. The molecule has 0 saturated heterocycles. The van der Waals surface area contributed by atoms with E-state index < -0.39 is 16.8 Å². The molecule has 4 rings (SSSR count). The quantitative estimate of drug-likeness (QED) is 0.222. The molecular formula is C26H24O4P2. The second-order valence-corrected chi connectivity index (χ2v) is 10.6. The van der Waals surface area contributed by atoms with Crippen LogP contribution in [-0.4, -0.2) is 5.40 Å². The smallest absolute Gasteiger partial charge is 0.305 e. The van der Waals surface area contributed by atoms with E-state index >= 15 is 0 Å². The van der Waals surface area contributed by atoms with E-state index in [1.807, 2.05) is 121 Å². The lowest BCUT2D eigenvalue weighted by Crippen LogP contribution is -2.13. The van der Waals surface area contributed by atoms with Crippen molar-refractivity contribution >= 4 is 16.8 Å². The van der Waals surface area contributed by atoms with Gasteiger partial charge in [0.15, 0.2) is 0 Å². The van der Waals surface area contributed by atoms with Crippen molar-refractivity contribution in [2.45, 2.75) is 12.3 Å². The summed E-state index contributed by atoms with van der Waals surface area (Å²) in [7, 11) is -2.85. The average Bonchev–Trinajstić information content (AvgIpc) is 2.85. The first-order chi connectivity index (χ1) is 15.8. The summed E-state index contributed by atoms with van der Waals surface area (Å²) in [6, 6.07) is 38.8. The third kappa shape index (κ3) is 6.47. The van der Waals surface area contributed by atoms with Crippen molar-refractivity contribution < 1.29 is 18.1 Å². The fourth-order valence-electron chi connectivity index (χ4n) is 2.76. The Kier molecular flexibility index (Phi) is 7.98. The van der Waals surface area contributed by atoms with Crippen LogP contribution in [0.5, 0.6) is 23.0 Å². The number of hydrogen-bond acceptors (Lipinski definition) is 4. The monoisotopic (exact) mass is 462 g/mol. The zero-order valence-electron chi connectivity index (χ0n) is 17.7. The van der Waals surface area contributed by atoms with Crippen LogP contribution in [0.1, 0.15) is 6.92 Å². The van der Waals surface area contributed by atoms with Gasteiger partial charge in [0, 0.05) is 0 Å². The summed E-state index contributed by atoms with van der Waals surface area (Å²) in [5.74, 6) is 2.98. The molecule has 0 radical (unpaired) electrons. The van der Waals surface area contributed by atoms with Gasteiger partial charge in [-0.15, -0.1) is 0 Å². The highest BCUT2D eigenvalue weighted by atomic mass is 31.2. The van der Waals surface area contributed by atoms with Crippen molar-refractivity contribution in [3.8, 4) is 23.0 Å². The first-order valence-electron chi connectivity index (χ1n) is 10.3. The van der Waals surface area contributed by atoms with Gasteiger partial charge in [-0.05, 0) is 55.5 Å². The minimum absolute atomic E-state index is 0.166. The number of rotatable bonds is 10. The Morgan fingerprint density at radius 2 is 0.625 bits per heavy atom. The third-order valence-electron chi connectivity index (χ3n) is 4.36. The molecule has 0 saturated carbocycles. The Morgan fingerprint density at radius 1 is 0.406 bits per heavy atom. The maximum atomic E-state index is 6.34. The molecule has 162 valence electrons. The van der Waals surface area contributed by atoms with Crippen LogP contribution in [0.15, 0.2) is 121 Å². The van der Waals surface area contributed by atoms with E-state index in [9.17, 15) is 0 Å². The minimum atomic E-state index is -1.43. The molecule has 0 aliphatic carbocycles. The summed E-state index contributed by atoms with van der Waals surface area (Å²) in [6.45, 7) is 2.05. The van der Waals surface area contributed by atoms with Crippen LogP contribution in [0, 0.1) is 0 Å². The number of para-hydroxylation sites is 4. The van der Waals surface area contributed by atoms with E-state index in [0.717, 1.165) is 23.0 Å². The molecule has 0 amide bonds. The van der Waals surface area contributed by atoms with Gasteiger partial charge in [0.25, 0.3) is 0 Å². The van der Waals surface area contributed by atoms with E-state index in [0.29, 0.717) is 0 Å². The predicted octanol–water partition coefficient (Wildman–Crippen LogP) is 8.27. The van der Waals surface area contributed by atoms with Crippen molar-refractivity contribution in [3.63, 3.8) is 0 Å². The Morgan fingerprint density at radius 3 is 0.844 bits per heavy atom. The normalized spacial score (nSPS) is 10.9. The zero-order chi connectivity index (χ0) is 22.0. The second-order valence-electron chi connectivity index (χ2n) is 6.82. The fourth-order valence-corrected chi connectivity index (χ4v) is 5.94. The van der Waals surface area contributed by atoms with Gasteiger partial charge in [0.1, 0.15) is 28.4 Å². The summed E-state index contributed by atoms with van der Waals surface area (Å²) in [5, 5.41) is -0.166. The maximum absolute atomic E-state index is 6.34. The first kappa shape index (κ1) is 22.1. The van der Waals surface area contributed by atoms with Gasteiger partial charge in [0.2, 0.25) is 0 Å². The Hall–Kier alpha value is -3.06. The van der Waals surface area contributed by atoms with E-state index in [1.165, 1.54) is 0 Å². The Labute approximate surface area is 191 Å². The van der Waals surface area contributed by atoms with Crippen LogP contribution >= 0.6 is 16.8 Å². The average molecular weight is 462 g/mol. The molecule has 4 nitrogen and oxygen atoms in total. The first-order valence-corrected chi connectivity index (χ1v) is 12.8. The summed E-state index contributed by atoms with van der Waals surface area (Å²) < 4.78 is 25.3. The summed E-state index contributed by atoms with van der Waals surface area (Å²) >= 11 is 0. The maximum Gasteiger partial charge on any atom is 0.305 e. The molecule has 0 aliphatic heterocycles. The molecular weight excluding hydrogens is 438 g/mol. The fraction of sp³-hybridized carbons (Fsp3) is 0.0769. The van der Waals surface area contributed by atoms with Crippen molar-refractivity contribution in [1.29, 1.82) is 0 Å². The molecule has 6 heteroatoms. The molecule has 0 heterocycles. The molecule has 0 bridgehead atoms. The van der Waals surface area contributed by atoms with Crippen LogP contribution in [0.4, 0.5) is 0 Å². The molecule has 0 unspecified atom stereocenters. The topological polar surface area (TPSA) is 36.9 Å². The molecule has 0 aliphatic rings. The van der Waals surface area contributed by atoms with Crippen LogP contribution < -0.4 is 18.1 Å². The van der Waals surface area contributed by atoms with Crippen LogP contribution in [-0.2, 0) is 0 Å². The lowest BCUT2D eigenvalue weighted by atomic mass is 10.3. The lowest BCUT2D eigenvalue weighted by Gasteiger charge is -2.29. The standard InChI is InChI=1S/C26H24O4P2/c1-22(31(27-23-14-6-2-7-15-23)28-24-16-8-3-9-17-24)32(29-25-18-10-4-11-19-25)30-26-20-12-5-13-21-26/h2-22H,1H3. The molecule has 0 N–H and O–H groups in total. The predicted molar refractivity (Wildman–Crippen MR) is 132 cm³/mol. The zero-order valence-corrected chi connectivity index (χ0v) is 19.4. The highest BCUT2D eigenvalue weighted by molar-refractivity contribution is 7.67. The van der Waals surface area contributed by atoms with Gasteiger partial charge < -0.3 is 18.1 Å². The summed E-state index contributed by atoms with van der Waals surface area (Å²) in [4.78, 5) is 0. The molecule has 0 fully saturated rings. The third-order valence-corrected chi connectivity index (χ3v) is 8.28. The molecule has 0 spiro atoms. The van der Waals surface area contributed by atoms with Crippen molar-refractivity contribution in [2.24, 2.45) is 0 Å². The highest BCUT2D eigenvalue weighted by Gasteiger charge is 2.36. The van der Waals surface area contributed by atoms with E-state index in [1.54, 1.807) is 0 Å². The number of benzene rings is 4. The van der Waals surface area contributed by atoms with Crippen LogP contribution in [0.3, 0.4) is 0 Å². The van der Waals surface area contributed by atoms with Gasteiger partial charge in [-0.25, -0.2) is 0 Å². The van der Waals surface area contributed by atoms with Crippen LogP contribution in [0.25, 0.3) is 0 Å². The van der Waals surface area contributed by atoms with E-state index in [4.69, 9.17) is 18.1 Å². The van der Waals surface area contributed by atoms with Gasteiger partial charge in [-0.1, -0.05) is 72.8 Å². The summed E-state index contributed by atoms with van der Waals surface area (Å²) in [5.41, 5.74) is 0. The Balaban J connectivity index is 1.61. The van der Waals surface area contributed by atoms with Gasteiger partial charge >= 0.3 is 16.8 Å². The van der Waals surface area contributed by atoms with Crippen molar-refractivity contribution in [2.75, 3.05) is 0 Å². The highest BCUT2D eigenvalue weighted by Crippen LogP contribution is 2.59. The van der Waals surface area contributed by atoms with E-state index in [-0.39, 0.29) is 5.40 Å². The molecule has 32 heavy (non-hydrogen) atoms. The van der Waals surface area contributed by atoms with E-state index in [2.05, 4.69) is 6.92 Å². The second kappa shape index (κ2) is 11.5. The van der Waals surface area contributed by atoms with Crippen LogP contribution in [0.2, 0.25) is 0 Å². The largest absolute Gasteiger partial charge is 0.438 e.